The molecular formula is C7H2BrF5IN. The van der Waals surface area contributed by atoms with Gasteiger partial charge < -0.3 is 0 Å². The minimum absolute atomic E-state index is 0.122. The molecule has 8 heteroatoms. The Morgan fingerprint density at radius 1 is 1.33 bits per heavy atom. The predicted octanol–water partition coefficient (Wildman–Crippen LogP) is 4.41. The van der Waals surface area contributed by atoms with Crippen molar-refractivity contribution in [2.24, 2.45) is 0 Å². The molecule has 0 saturated carbocycles. The van der Waals surface area contributed by atoms with Crippen LogP contribution in [0.15, 0.2) is 10.7 Å². The van der Waals surface area contributed by atoms with Crippen molar-refractivity contribution >= 4 is 38.5 Å². The molecule has 0 unspecified atom stereocenters. The molecule has 0 N–H and O–H groups in total. The third kappa shape index (κ3) is 2.99. The average molecular weight is 402 g/mol. The number of rotatable bonds is 1. The van der Waals surface area contributed by atoms with E-state index in [1.807, 2.05) is 0 Å². The summed E-state index contributed by atoms with van der Waals surface area (Å²) in [6.45, 7) is 0. The molecule has 0 aliphatic heterocycles. The van der Waals surface area contributed by atoms with Gasteiger partial charge in [-0.1, -0.05) is 0 Å². The van der Waals surface area contributed by atoms with E-state index >= 15 is 0 Å². The molecule has 0 spiro atoms. The van der Waals surface area contributed by atoms with Gasteiger partial charge in [-0.3, -0.25) is 0 Å². The summed E-state index contributed by atoms with van der Waals surface area (Å²) in [6.07, 6.45) is -8.01. The number of hydrogen-bond donors (Lipinski definition) is 0. The number of halogens is 7. The van der Waals surface area contributed by atoms with Gasteiger partial charge in [0.15, 0.2) is 0 Å². The topological polar surface area (TPSA) is 12.9 Å². The molecule has 1 heterocycles. The van der Waals surface area contributed by atoms with Crippen LogP contribution < -0.4 is 0 Å². The summed E-state index contributed by atoms with van der Waals surface area (Å²) in [5, 5.41) is 0. The van der Waals surface area contributed by atoms with Gasteiger partial charge in [0, 0.05) is 0 Å². The third-order valence-electron chi connectivity index (χ3n) is 1.50. The summed E-state index contributed by atoms with van der Waals surface area (Å²) in [5.74, 6) is 0. The van der Waals surface area contributed by atoms with E-state index in [9.17, 15) is 22.0 Å². The van der Waals surface area contributed by atoms with Crippen LogP contribution in [0.3, 0.4) is 0 Å². The van der Waals surface area contributed by atoms with Crippen LogP contribution in [0.25, 0.3) is 0 Å². The first-order chi connectivity index (χ1) is 6.73. The second-order valence-electron chi connectivity index (χ2n) is 2.50. The van der Waals surface area contributed by atoms with Crippen LogP contribution in [0.4, 0.5) is 22.0 Å². The van der Waals surface area contributed by atoms with Crippen LogP contribution in [0, 0.1) is 3.70 Å². The van der Waals surface area contributed by atoms with Gasteiger partial charge in [-0.05, 0) is 44.6 Å². The lowest BCUT2D eigenvalue weighted by atomic mass is 10.1. The Bertz CT molecular complexity index is 378. The van der Waals surface area contributed by atoms with Crippen LogP contribution >= 0.6 is 38.5 Å². The number of pyridine rings is 1. The molecular weight excluding hydrogens is 400 g/mol. The van der Waals surface area contributed by atoms with Crippen LogP contribution in [0.1, 0.15) is 17.6 Å². The van der Waals surface area contributed by atoms with E-state index in [4.69, 9.17) is 0 Å². The zero-order valence-corrected chi connectivity index (χ0v) is 10.5. The summed E-state index contributed by atoms with van der Waals surface area (Å²) in [4.78, 5) is 3.49. The Morgan fingerprint density at radius 3 is 2.27 bits per heavy atom. The van der Waals surface area contributed by atoms with Crippen molar-refractivity contribution in [2.45, 2.75) is 12.6 Å². The summed E-state index contributed by atoms with van der Waals surface area (Å²) >= 11 is 4.07. The minimum atomic E-state index is -4.81. The largest absolute Gasteiger partial charge is 0.417 e. The standard InChI is InChI=1S/C7H2BrF5IN/c8-3-1-2(7(11,12)13)4(5(9)10)6(14)15-3/h1,5H. The molecule has 0 bridgehead atoms. The molecule has 0 aliphatic rings. The Balaban J connectivity index is 3.47. The Morgan fingerprint density at radius 2 is 1.87 bits per heavy atom. The maximum atomic E-state index is 12.4. The SMILES string of the molecule is FC(F)c1c(C(F)(F)F)cc(Br)nc1I. The fourth-order valence-corrected chi connectivity index (χ4v) is 2.46. The first-order valence-electron chi connectivity index (χ1n) is 3.44. The van der Waals surface area contributed by atoms with Crippen LogP contribution in [0.5, 0.6) is 0 Å². The minimum Gasteiger partial charge on any atom is -0.234 e. The van der Waals surface area contributed by atoms with Gasteiger partial charge in [-0.25, -0.2) is 13.8 Å². The van der Waals surface area contributed by atoms with Gasteiger partial charge in [0.05, 0.1) is 11.1 Å². The summed E-state index contributed by atoms with van der Waals surface area (Å²) in [7, 11) is 0. The van der Waals surface area contributed by atoms with Crippen molar-refractivity contribution < 1.29 is 22.0 Å². The van der Waals surface area contributed by atoms with Crippen LogP contribution in [-0.4, -0.2) is 4.98 Å². The molecule has 1 aromatic rings. The third-order valence-corrected chi connectivity index (χ3v) is 2.73. The van der Waals surface area contributed by atoms with Crippen LogP contribution in [-0.2, 0) is 6.18 Å². The monoisotopic (exact) mass is 401 g/mol. The summed E-state index contributed by atoms with van der Waals surface area (Å²) < 4.78 is 61.5. The lowest BCUT2D eigenvalue weighted by Gasteiger charge is -2.13. The van der Waals surface area contributed by atoms with Gasteiger partial charge in [0.1, 0.15) is 8.30 Å². The average Bonchev–Trinajstić information content (AvgIpc) is 1.99. The van der Waals surface area contributed by atoms with E-state index in [1.54, 1.807) is 0 Å². The van der Waals surface area contributed by atoms with Gasteiger partial charge in [0.25, 0.3) is 6.43 Å². The second-order valence-corrected chi connectivity index (χ2v) is 4.33. The number of nitrogens with zero attached hydrogens (tertiary/aromatic N) is 1. The Labute approximate surface area is 103 Å². The van der Waals surface area contributed by atoms with Gasteiger partial charge in [-0.15, -0.1) is 0 Å². The molecule has 1 aromatic heterocycles. The van der Waals surface area contributed by atoms with Crippen molar-refractivity contribution in [1.29, 1.82) is 0 Å². The van der Waals surface area contributed by atoms with E-state index in [-0.39, 0.29) is 8.30 Å². The maximum Gasteiger partial charge on any atom is 0.417 e. The lowest BCUT2D eigenvalue weighted by molar-refractivity contribution is -0.139. The van der Waals surface area contributed by atoms with E-state index in [0.29, 0.717) is 6.07 Å². The molecule has 0 aromatic carbocycles. The molecule has 0 amide bonds. The first-order valence-corrected chi connectivity index (χ1v) is 5.32. The zero-order chi connectivity index (χ0) is 11.8. The second kappa shape index (κ2) is 4.48. The molecule has 0 radical (unpaired) electrons. The number of alkyl halides is 5. The highest BCUT2D eigenvalue weighted by Gasteiger charge is 2.37. The van der Waals surface area contributed by atoms with Crippen molar-refractivity contribution in [3.63, 3.8) is 0 Å². The van der Waals surface area contributed by atoms with Crippen molar-refractivity contribution in [3.05, 3.63) is 25.5 Å². The molecule has 15 heavy (non-hydrogen) atoms. The first kappa shape index (κ1) is 13.1. The van der Waals surface area contributed by atoms with E-state index in [2.05, 4.69) is 20.9 Å². The highest BCUT2D eigenvalue weighted by Crippen LogP contribution is 2.39. The molecule has 0 saturated heterocycles. The summed E-state index contributed by atoms with van der Waals surface area (Å²) in [6, 6.07) is 0.545. The van der Waals surface area contributed by atoms with E-state index in [0.717, 1.165) is 0 Å². The quantitative estimate of drug-likeness (QED) is 0.386. The van der Waals surface area contributed by atoms with Gasteiger partial charge in [-0.2, -0.15) is 13.2 Å². The van der Waals surface area contributed by atoms with Crippen molar-refractivity contribution in [2.75, 3.05) is 0 Å². The number of aromatic nitrogens is 1. The Hall–Kier alpha value is 0.01000. The van der Waals surface area contributed by atoms with Crippen molar-refractivity contribution in [1.82, 2.24) is 4.98 Å². The highest BCUT2D eigenvalue weighted by atomic mass is 127. The molecule has 0 aliphatic carbocycles. The maximum absolute atomic E-state index is 12.4. The molecule has 0 fully saturated rings. The normalized spacial score (nSPS) is 12.3. The number of hydrogen-bond acceptors (Lipinski definition) is 1. The molecule has 1 rings (SSSR count). The Kier molecular flexibility index (Phi) is 3.90. The zero-order valence-electron chi connectivity index (χ0n) is 6.75. The predicted molar refractivity (Wildman–Crippen MR) is 54.6 cm³/mol. The van der Waals surface area contributed by atoms with E-state index in [1.165, 1.54) is 22.6 Å². The molecule has 0 atom stereocenters. The van der Waals surface area contributed by atoms with E-state index < -0.39 is 23.7 Å². The highest BCUT2D eigenvalue weighted by molar-refractivity contribution is 14.1. The fourth-order valence-electron chi connectivity index (χ4n) is 0.936. The lowest BCUT2D eigenvalue weighted by Crippen LogP contribution is -2.12. The fraction of sp³-hybridized carbons (Fsp3) is 0.286. The molecule has 1 nitrogen and oxygen atoms in total. The smallest absolute Gasteiger partial charge is 0.234 e. The molecule has 84 valence electrons. The van der Waals surface area contributed by atoms with Gasteiger partial charge in [0.2, 0.25) is 0 Å². The van der Waals surface area contributed by atoms with Crippen molar-refractivity contribution in [3.8, 4) is 0 Å². The van der Waals surface area contributed by atoms with Crippen LogP contribution in [0.2, 0.25) is 0 Å². The van der Waals surface area contributed by atoms with Gasteiger partial charge >= 0.3 is 6.18 Å². The summed E-state index contributed by atoms with van der Waals surface area (Å²) in [5.41, 5.74) is -2.44.